The summed E-state index contributed by atoms with van der Waals surface area (Å²) >= 11 is 1.34. The van der Waals surface area contributed by atoms with Crippen molar-refractivity contribution in [2.75, 3.05) is 12.4 Å². The Morgan fingerprint density at radius 3 is 2.94 bits per heavy atom. The van der Waals surface area contributed by atoms with Crippen LogP contribution in [0.2, 0.25) is 0 Å². The number of ether oxygens (including phenoxy) is 1. The fourth-order valence-corrected chi connectivity index (χ4v) is 5.04. The maximum Gasteiger partial charge on any atom is 0.336 e. The van der Waals surface area contributed by atoms with Crippen LogP contribution in [0.25, 0.3) is 21.9 Å². The molecule has 5 rings (SSSR count). The number of aliphatic imine (C=N–C) groups is 1. The summed E-state index contributed by atoms with van der Waals surface area (Å²) in [5, 5.41) is 12.1. The van der Waals surface area contributed by atoms with Crippen molar-refractivity contribution in [1.29, 1.82) is 0 Å². The molecule has 0 amide bonds. The van der Waals surface area contributed by atoms with Crippen LogP contribution >= 0.6 is 11.8 Å². The lowest BCUT2D eigenvalue weighted by Crippen LogP contribution is -2.39. The predicted octanol–water partition coefficient (Wildman–Crippen LogP) is 4.31. The molecule has 0 radical (unpaired) electrons. The Kier molecular flexibility index (Phi) is 5.20. The zero-order valence-electron chi connectivity index (χ0n) is 17.6. The first-order valence-corrected chi connectivity index (χ1v) is 11.2. The van der Waals surface area contributed by atoms with Crippen LogP contribution in [-0.2, 0) is 11.2 Å². The van der Waals surface area contributed by atoms with Gasteiger partial charge in [0.15, 0.2) is 5.54 Å². The van der Waals surface area contributed by atoms with Crippen LogP contribution in [0.1, 0.15) is 11.3 Å². The molecule has 0 saturated heterocycles. The highest BCUT2D eigenvalue weighted by Crippen LogP contribution is 2.33. The molecule has 1 unspecified atom stereocenters. The molecule has 1 aliphatic heterocycles. The number of hydrogen-bond acceptors (Lipinski definition) is 6. The molecule has 4 aromatic rings. The van der Waals surface area contributed by atoms with Crippen LogP contribution < -0.4 is 10.4 Å². The number of aliphatic carboxylic acids is 1. The number of nitrogens with zero attached hydrogens (tertiary/aromatic N) is 1. The lowest BCUT2D eigenvalue weighted by Gasteiger charge is -2.19. The van der Waals surface area contributed by atoms with E-state index in [9.17, 15) is 19.1 Å². The summed E-state index contributed by atoms with van der Waals surface area (Å²) in [7, 11) is 0. The number of hydrogen-bond donors (Lipinski definition) is 2. The number of fused-ring (bicyclic) bond motifs is 2. The van der Waals surface area contributed by atoms with E-state index in [4.69, 9.17) is 9.15 Å². The number of carbonyl (C=O) groups is 1. The van der Waals surface area contributed by atoms with Crippen LogP contribution in [-0.4, -0.2) is 39.0 Å². The number of halogens is 1. The van der Waals surface area contributed by atoms with Crippen LogP contribution in [0.5, 0.6) is 5.75 Å². The van der Waals surface area contributed by atoms with Crippen molar-refractivity contribution in [3.8, 4) is 5.75 Å². The van der Waals surface area contributed by atoms with Crippen LogP contribution in [0.15, 0.2) is 62.7 Å². The summed E-state index contributed by atoms with van der Waals surface area (Å²) in [5.74, 6) is -0.546. The molecule has 0 fully saturated rings. The number of rotatable bonds is 6. The van der Waals surface area contributed by atoms with Gasteiger partial charge in [-0.25, -0.2) is 14.0 Å². The number of aryl methyl sites for hydroxylation is 1. The van der Waals surface area contributed by atoms with Gasteiger partial charge in [-0.2, -0.15) is 0 Å². The van der Waals surface area contributed by atoms with Gasteiger partial charge in [0.05, 0.1) is 0 Å². The average Bonchev–Trinajstić information content (AvgIpc) is 3.36. The first kappa shape index (κ1) is 21.3. The summed E-state index contributed by atoms with van der Waals surface area (Å²) in [6, 6.07) is 12.8. The average molecular weight is 466 g/mol. The Balaban J connectivity index is 1.35. The molecule has 2 N–H and O–H groups in total. The van der Waals surface area contributed by atoms with Gasteiger partial charge in [-0.15, -0.1) is 11.8 Å². The highest BCUT2D eigenvalue weighted by molar-refractivity contribution is 8.14. The van der Waals surface area contributed by atoms with E-state index in [1.807, 2.05) is 13.0 Å². The Bertz CT molecular complexity index is 1490. The first-order chi connectivity index (χ1) is 15.8. The molecule has 1 atom stereocenters. The van der Waals surface area contributed by atoms with Gasteiger partial charge in [-0.1, -0.05) is 0 Å². The van der Waals surface area contributed by atoms with Gasteiger partial charge >= 0.3 is 11.6 Å². The number of carboxylic acids is 1. The highest BCUT2D eigenvalue weighted by Gasteiger charge is 2.43. The second-order valence-corrected chi connectivity index (χ2v) is 9.08. The SMILES string of the molecule is Cc1cc(=O)oc2ccc(OCC3=NC(Cc4cc5ccc(F)cc5[nH]4)(C(=O)O)CS3)cc12. The van der Waals surface area contributed by atoms with Gasteiger partial charge in [0.2, 0.25) is 0 Å². The molecule has 9 heteroatoms. The van der Waals surface area contributed by atoms with Crippen molar-refractivity contribution in [1.82, 2.24) is 4.98 Å². The summed E-state index contributed by atoms with van der Waals surface area (Å²) in [6.07, 6.45) is 0.156. The molecule has 0 saturated carbocycles. The number of aromatic nitrogens is 1. The Hall–Kier alpha value is -3.59. The second kappa shape index (κ2) is 8.08. The Morgan fingerprint density at radius 1 is 1.27 bits per heavy atom. The maximum atomic E-state index is 13.5. The van der Waals surface area contributed by atoms with Crippen molar-refractivity contribution in [2.45, 2.75) is 18.9 Å². The van der Waals surface area contributed by atoms with Gasteiger partial charge in [0.25, 0.3) is 0 Å². The van der Waals surface area contributed by atoms with Crippen molar-refractivity contribution >= 4 is 44.6 Å². The number of thioether (sulfide) groups is 1. The molecular formula is C24H19FN2O5S. The standard InChI is InChI=1S/C24H19FN2O5S/c1-13-6-22(28)32-20-5-4-17(9-18(13)20)31-11-21-27-24(12-33-21,23(29)30)10-16-7-14-2-3-15(25)8-19(14)26-16/h2-9,26H,10-12H2,1H3,(H,29,30). The smallest absolute Gasteiger partial charge is 0.336 e. The molecule has 168 valence electrons. The van der Waals surface area contributed by atoms with Crippen LogP contribution in [0.4, 0.5) is 4.39 Å². The molecule has 0 aliphatic carbocycles. The lowest BCUT2D eigenvalue weighted by molar-refractivity contribution is -0.142. The van der Waals surface area contributed by atoms with Crippen LogP contribution in [0, 0.1) is 12.7 Å². The topological polar surface area (TPSA) is 105 Å². The third kappa shape index (κ3) is 4.11. The van der Waals surface area contributed by atoms with Crippen molar-refractivity contribution in [3.05, 3.63) is 76.0 Å². The highest BCUT2D eigenvalue weighted by atomic mass is 32.2. The van der Waals surface area contributed by atoms with E-state index >= 15 is 0 Å². The molecule has 0 spiro atoms. The van der Waals surface area contributed by atoms with E-state index in [1.165, 1.54) is 30.0 Å². The first-order valence-electron chi connectivity index (χ1n) is 10.2. The molecular weight excluding hydrogens is 447 g/mol. The summed E-state index contributed by atoms with van der Waals surface area (Å²) in [5.41, 5.74) is 0.815. The van der Waals surface area contributed by atoms with Gasteiger partial charge in [-0.05, 0) is 60.3 Å². The number of benzene rings is 2. The van der Waals surface area contributed by atoms with E-state index in [-0.39, 0.29) is 24.6 Å². The molecule has 1 aliphatic rings. The Labute approximate surface area is 191 Å². The summed E-state index contributed by atoms with van der Waals surface area (Å²) in [6.45, 7) is 1.94. The van der Waals surface area contributed by atoms with Crippen molar-refractivity contribution < 1.29 is 23.4 Å². The summed E-state index contributed by atoms with van der Waals surface area (Å²) < 4.78 is 24.5. The van der Waals surface area contributed by atoms with Crippen molar-refractivity contribution in [2.24, 2.45) is 4.99 Å². The summed E-state index contributed by atoms with van der Waals surface area (Å²) in [4.78, 5) is 31.3. The maximum absolute atomic E-state index is 13.5. The third-order valence-electron chi connectivity index (χ3n) is 5.62. The predicted molar refractivity (Wildman–Crippen MR) is 125 cm³/mol. The van der Waals surface area contributed by atoms with E-state index in [0.717, 1.165) is 16.3 Å². The van der Waals surface area contributed by atoms with Crippen molar-refractivity contribution in [3.63, 3.8) is 0 Å². The van der Waals surface area contributed by atoms with Crippen LogP contribution in [0.3, 0.4) is 0 Å². The van der Waals surface area contributed by atoms with Gasteiger partial charge in [-0.3, -0.25) is 4.99 Å². The third-order valence-corrected chi connectivity index (χ3v) is 6.78. The zero-order chi connectivity index (χ0) is 23.2. The Morgan fingerprint density at radius 2 is 2.12 bits per heavy atom. The quantitative estimate of drug-likeness (QED) is 0.410. The minimum absolute atomic E-state index is 0.124. The lowest BCUT2D eigenvalue weighted by atomic mass is 9.96. The molecule has 2 aromatic carbocycles. The normalized spacial score (nSPS) is 18.1. The molecule has 33 heavy (non-hydrogen) atoms. The van der Waals surface area contributed by atoms with E-state index in [2.05, 4.69) is 9.98 Å². The van der Waals surface area contributed by atoms with Gasteiger partial charge < -0.3 is 19.2 Å². The van der Waals surface area contributed by atoms with E-state index < -0.39 is 17.1 Å². The number of carboxylic acid groups (broad SMARTS) is 1. The fraction of sp³-hybridized carbons (Fsp3) is 0.208. The minimum Gasteiger partial charge on any atom is -0.487 e. The molecule has 7 nitrogen and oxygen atoms in total. The number of H-pyrrole nitrogens is 1. The molecule has 2 aromatic heterocycles. The van der Waals surface area contributed by atoms with Gasteiger partial charge in [0.1, 0.15) is 28.8 Å². The number of aromatic amines is 1. The molecule has 3 heterocycles. The van der Waals surface area contributed by atoms with E-state index in [1.54, 1.807) is 24.3 Å². The van der Waals surface area contributed by atoms with Gasteiger partial charge in [0, 0.05) is 34.8 Å². The largest absolute Gasteiger partial charge is 0.487 e. The number of nitrogens with one attached hydrogen (secondary N) is 1. The minimum atomic E-state index is -1.33. The second-order valence-electron chi connectivity index (χ2n) is 8.03. The molecule has 0 bridgehead atoms. The monoisotopic (exact) mass is 466 g/mol. The zero-order valence-corrected chi connectivity index (χ0v) is 18.4. The fourth-order valence-electron chi connectivity index (χ4n) is 3.96. The van der Waals surface area contributed by atoms with E-state index in [0.29, 0.717) is 27.6 Å².